The summed E-state index contributed by atoms with van der Waals surface area (Å²) in [5.41, 5.74) is 9.10. The van der Waals surface area contributed by atoms with Crippen molar-refractivity contribution < 1.29 is 52.1 Å². The molecule has 0 radical (unpaired) electrons. The van der Waals surface area contributed by atoms with Crippen molar-refractivity contribution >= 4 is 11.8 Å². The van der Waals surface area contributed by atoms with Crippen molar-refractivity contribution in [3.8, 4) is 0 Å². The van der Waals surface area contributed by atoms with Crippen LogP contribution in [-0.2, 0) is 56.9 Å². The molecule has 0 bridgehead atoms. The minimum absolute atomic E-state index is 0.336. The highest BCUT2D eigenvalue weighted by molar-refractivity contribution is 8.00. The van der Waals surface area contributed by atoms with E-state index in [1.165, 1.54) is 16.7 Å². The highest BCUT2D eigenvalue weighted by Crippen LogP contribution is 2.48. The van der Waals surface area contributed by atoms with Gasteiger partial charge < -0.3 is 57.8 Å². The smallest absolute Gasteiger partial charge is 0.0907 e. The van der Waals surface area contributed by atoms with Gasteiger partial charge in [0.1, 0.15) is 0 Å². The summed E-state index contributed by atoms with van der Waals surface area (Å²) in [4.78, 5) is 0. The molecule has 314 valence electrons. The molecule has 0 saturated heterocycles. The molecular formula is C43H65NO11S. The van der Waals surface area contributed by atoms with Crippen LogP contribution < -0.4 is 5.73 Å². The van der Waals surface area contributed by atoms with E-state index in [0.717, 1.165) is 5.75 Å². The van der Waals surface area contributed by atoms with Crippen LogP contribution in [0.15, 0.2) is 91.0 Å². The van der Waals surface area contributed by atoms with Crippen LogP contribution in [0.1, 0.15) is 16.7 Å². The van der Waals surface area contributed by atoms with Crippen molar-refractivity contribution in [1.82, 2.24) is 0 Å². The summed E-state index contributed by atoms with van der Waals surface area (Å²) in [6.45, 7) is 12.1. The summed E-state index contributed by atoms with van der Waals surface area (Å²) in [6, 6.07) is 32.1. The molecule has 0 spiro atoms. The van der Waals surface area contributed by atoms with Crippen molar-refractivity contribution in [2.45, 2.75) is 4.75 Å². The Bertz CT molecular complexity index is 1170. The van der Waals surface area contributed by atoms with Gasteiger partial charge in [0, 0.05) is 12.3 Å². The quantitative estimate of drug-likeness (QED) is 0.0625. The monoisotopic (exact) mass is 803 g/mol. The molecule has 0 aliphatic rings. The molecule has 0 amide bonds. The van der Waals surface area contributed by atoms with E-state index >= 15 is 0 Å². The van der Waals surface area contributed by atoms with E-state index < -0.39 is 0 Å². The standard InChI is InChI=1S/C43H65NO11S/c44-16-17-45-18-19-46-20-21-47-22-23-48-24-25-49-26-27-50-28-29-51-30-31-52-32-33-53-34-35-54-36-37-55-38-39-56-43(40-10-4-1-5-11-40,41-12-6-2-7-13-41)42-14-8-3-9-15-42/h1-15H,16-39,44H2. The van der Waals surface area contributed by atoms with E-state index in [0.29, 0.717) is 152 Å². The minimum Gasteiger partial charge on any atom is -0.378 e. The molecule has 3 aromatic rings. The second kappa shape index (κ2) is 34.6. The fourth-order valence-corrected chi connectivity index (χ4v) is 6.82. The third-order valence-corrected chi connectivity index (χ3v) is 9.58. The molecule has 0 unspecified atom stereocenters. The fourth-order valence-electron chi connectivity index (χ4n) is 5.41. The van der Waals surface area contributed by atoms with Gasteiger partial charge in [-0.3, -0.25) is 0 Å². The molecule has 12 nitrogen and oxygen atoms in total. The molecule has 2 N–H and O–H groups in total. The first-order chi connectivity index (χ1) is 27.9. The van der Waals surface area contributed by atoms with Crippen molar-refractivity contribution in [3.05, 3.63) is 108 Å². The molecule has 0 heterocycles. The normalized spacial score (nSPS) is 11.7. The van der Waals surface area contributed by atoms with Crippen LogP contribution in [0.4, 0.5) is 0 Å². The molecule has 13 heteroatoms. The molecule has 0 saturated carbocycles. The van der Waals surface area contributed by atoms with Gasteiger partial charge in [-0.15, -0.1) is 11.8 Å². The predicted molar refractivity (Wildman–Crippen MR) is 220 cm³/mol. The van der Waals surface area contributed by atoms with Crippen LogP contribution in [0, 0.1) is 0 Å². The van der Waals surface area contributed by atoms with Gasteiger partial charge in [0.15, 0.2) is 0 Å². The lowest BCUT2D eigenvalue weighted by Crippen LogP contribution is -2.26. The lowest BCUT2D eigenvalue weighted by atomic mass is 9.84. The number of hydrogen-bond donors (Lipinski definition) is 1. The van der Waals surface area contributed by atoms with Crippen LogP contribution in [0.5, 0.6) is 0 Å². The third-order valence-electron chi connectivity index (χ3n) is 8.07. The van der Waals surface area contributed by atoms with Crippen LogP contribution in [0.3, 0.4) is 0 Å². The van der Waals surface area contributed by atoms with E-state index in [4.69, 9.17) is 57.8 Å². The van der Waals surface area contributed by atoms with Crippen molar-refractivity contribution in [1.29, 1.82) is 0 Å². The summed E-state index contributed by atoms with van der Waals surface area (Å²) in [5, 5.41) is 0. The molecule has 0 atom stereocenters. The minimum atomic E-state index is -0.336. The zero-order valence-corrected chi connectivity index (χ0v) is 33.9. The zero-order valence-electron chi connectivity index (χ0n) is 33.1. The van der Waals surface area contributed by atoms with E-state index in [-0.39, 0.29) is 4.75 Å². The Morgan fingerprint density at radius 1 is 0.304 bits per heavy atom. The maximum Gasteiger partial charge on any atom is 0.0907 e. The Balaban J connectivity index is 1.04. The van der Waals surface area contributed by atoms with Gasteiger partial charge in [-0.25, -0.2) is 0 Å². The van der Waals surface area contributed by atoms with Gasteiger partial charge in [-0.05, 0) is 16.7 Å². The van der Waals surface area contributed by atoms with E-state index in [9.17, 15) is 0 Å². The van der Waals surface area contributed by atoms with Gasteiger partial charge in [0.2, 0.25) is 0 Å². The molecule has 3 aromatic carbocycles. The SMILES string of the molecule is NCCOCCOCCOCCOCCOCCOCCOCCOCCOCCOCCOCCSC(c1ccccc1)(c1ccccc1)c1ccccc1. The Morgan fingerprint density at radius 3 is 0.750 bits per heavy atom. The average molecular weight is 804 g/mol. The molecule has 0 aromatic heterocycles. The maximum absolute atomic E-state index is 5.96. The summed E-state index contributed by atoms with van der Waals surface area (Å²) < 4.78 is 60.5. The van der Waals surface area contributed by atoms with Crippen LogP contribution >= 0.6 is 11.8 Å². The maximum atomic E-state index is 5.96. The van der Waals surface area contributed by atoms with Gasteiger partial charge in [-0.2, -0.15) is 0 Å². The molecule has 0 aliphatic carbocycles. The summed E-state index contributed by atoms with van der Waals surface area (Å²) in [6.07, 6.45) is 0. The van der Waals surface area contributed by atoms with Crippen LogP contribution in [-0.4, -0.2) is 158 Å². The topological polar surface area (TPSA) is 128 Å². The first-order valence-corrected chi connectivity index (χ1v) is 20.7. The Hall–Kier alpha value is -2.47. The second-order valence-corrected chi connectivity index (χ2v) is 13.5. The molecule has 3 rings (SSSR count). The Morgan fingerprint density at radius 2 is 0.518 bits per heavy atom. The highest BCUT2D eigenvalue weighted by atomic mass is 32.2. The van der Waals surface area contributed by atoms with Crippen LogP contribution in [0.2, 0.25) is 0 Å². The number of ether oxygens (including phenoxy) is 11. The third kappa shape index (κ3) is 21.9. The molecular weight excluding hydrogens is 739 g/mol. The fraction of sp³-hybridized carbons (Fsp3) is 0.581. The largest absolute Gasteiger partial charge is 0.378 e. The van der Waals surface area contributed by atoms with Crippen LogP contribution in [0.25, 0.3) is 0 Å². The summed E-state index contributed by atoms with van der Waals surface area (Å²) in [7, 11) is 0. The van der Waals surface area contributed by atoms with Crippen molar-refractivity contribution in [2.24, 2.45) is 5.73 Å². The van der Waals surface area contributed by atoms with Gasteiger partial charge in [0.25, 0.3) is 0 Å². The Labute approximate surface area is 338 Å². The molecule has 0 aliphatic heterocycles. The second-order valence-electron chi connectivity index (χ2n) is 12.2. The van der Waals surface area contributed by atoms with E-state index in [1.54, 1.807) is 0 Å². The first-order valence-electron chi connectivity index (χ1n) is 19.7. The van der Waals surface area contributed by atoms with E-state index in [2.05, 4.69) is 91.0 Å². The van der Waals surface area contributed by atoms with Crippen molar-refractivity contribution in [2.75, 3.05) is 158 Å². The summed E-state index contributed by atoms with van der Waals surface area (Å²) in [5.74, 6) is 0.831. The lowest BCUT2D eigenvalue weighted by molar-refractivity contribution is -0.0273. The van der Waals surface area contributed by atoms with E-state index in [1.807, 2.05) is 11.8 Å². The lowest BCUT2D eigenvalue weighted by Gasteiger charge is -2.35. The number of rotatable bonds is 39. The molecule has 0 fully saturated rings. The van der Waals surface area contributed by atoms with Gasteiger partial charge in [0.05, 0.1) is 150 Å². The predicted octanol–water partition coefficient (Wildman–Crippen LogP) is 4.85. The number of nitrogens with two attached hydrogens (primary N) is 1. The van der Waals surface area contributed by atoms with Gasteiger partial charge in [-0.1, -0.05) is 91.0 Å². The number of thioether (sulfide) groups is 1. The van der Waals surface area contributed by atoms with Gasteiger partial charge >= 0.3 is 0 Å². The molecule has 56 heavy (non-hydrogen) atoms. The number of hydrogen-bond acceptors (Lipinski definition) is 13. The highest BCUT2D eigenvalue weighted by Gasteiger charge is 2.36. The zero-order chi connectivity index (χ0) is 39.3. The average Bonchev–Trinajstić information content (AvgIpc) is 3.24. The number of benzene rings is 3. The summed E-state index contributed by atoms with van der Waals surface area (Å²) >= 11 is 1.90. The van der Waals surface area contributed by atoms with Crippen molar-refractivity contribution in [3.63, 3.8) is 0 Å². The first kappa shape index (κ1) is 47.9. The Kier molecular flexibility index (Phi) is 29.6.